The molecule has 1 saturated heterocycles. The van der Waals surface area contributed by atoms with Gasteiger partial charge in [-0.2, -0.15) is 0 Å². The van der Waals surface area contributed by atoms with Crippen molar-refractivity contribution < 1.29 is 9.53 Å². The van der Waals surface area contributed by atoms with Crippen LogP contribution in [0.1, 0.15) is 36.5 Å². The average Bonchev–Trinajstić information content (AvgIpc) is 2.46. The van der Waals surface area contributed by atoms with Gasteiger partial charge in [0.15, 0.2) is 5.78 Å². The van der Waals surface area contributed by atoms with Gasteiger partial charge in [0.25, 0.3) is 0 Å². The fourth-order valence-corrected chi connectivity index (χ4v) is 2.49. The third-order valence-electron chi connectivity index (χ3n) is 3.92. The number of benzene rings is 1. The van der Waals surface area contributed by atoms with Gasteiger partial charge in [0.1, 0.15) is 5.75 Å². The molecule has 0 aliphatic carbocycles. The smallest absolute Gasteiger partial charge is 0.164 e. The second-order valence-electron chi connectivity index (χ2n) is 5.43. The fourth-order valence-electron chi connectivity index (χ4n) is 2.49. The molecule has 1 aliphatic heterocycles. The lowest BCUT2D eigenvalue weighted by Gasteiger charge is -2.29. The first-order valence-electron chi connectivity index (χ1n) is 7.08. The molecule has 1 aromatic rings. The molecule has 0 atom stereocenters. The lowest BCUT2D eigenvalue weighted by atomic mass is 9.99. The van der Waals surface area contributed by atoms with E-state index in [0.29, 0.717) is 6.42 Å². The summed E-state index contributed by atoms with van der Waals surface area (Å²) in [5, 5.41) is 0. The molecule has 1 aromatic carbocycles. The van der Waals surface area contributed by atoms with Crippen molar-refractivity contribution in [2.24, 2.45) is 5.92 Å². The van der Waals surface area contributed by atoms with Crippen molar-refractivity contribution in [3.8, 4) is 5.75 Å². The molecule has 0 unspecified atom stereocenters. The molecule has 1 aliphatic rings. The Kier molecular flexibility index (Phi) is 4.97. The van der Waals surface area contributed by atoms with Crippen LogP contribution in [-0.4, -0.2) is 37.4 Å². The number of rotatable bonds is 5. The quantitative estimate of drug-likeness (QED) is 0.763. The van der Waals surface area contributed by atoms with Gasteiger partial charge in [-0.25, -0.2) is 0 Å². The molecule has 1 heterocycles. The molecule has 0 N–H and O–H groups in total. The number of Topliss-reactive ketones (excluding diaryl/α,β-unsaturated/α-hetero) is 1. The molecule has 3 nitrogen and oxygen atoms in total. The van der Waals surface area contributed by atoms with Crippen molar-refractivity contribution >= 4 is 5.78 Å². The van der Waals surface area contributed by atoms with E-state index in [-0.39, 0.29) is 5.78 Å². The number of hydrogen-bond acceptors (Lipinski definition) is 3. The van der Waals surface area contributed by atoms with Gasteiger partial charge >= 0.3 is 0 Å². The van der Waals surface area contributed by atoms with Crippen LogP contribution in [0, 0.1) is 5.92 Å². The van der Waals surface area contributed by atoms with Crippen molar-refractivity contribution in [3.63, 3.8) is 0 Å². The fraction of sp³-hybridized carbons (Fsp3) is 0.562. The highest BCUT2D eigenvalue weighted by Gasteiger charge is 2.16. The monoisotopic (exact) mass is 261 g/mol. The second-order valence-corrected chi connectivity index (χ2v) is 5.43. The Morgan fingerprint density at radius 1 is 1.37 bits per heavy atom. The van der Waals surface area contributed by atoms with Crippen molar-refractivity contribution in [1.82, 2.24) is 4.90 Å². The van der Waals surface area contributed by atoms with E-state index < -0.39 is 0 Å². The Morgan fingerprint density at radius 2 is 2.11 bits per heavy atom. The van der Waals surface area contributed by atoms with Gasteiger partial charge in [-0.05, 0) is 44.0 Å². The van der Waals surface area contributed by atoms with E-state index >= 15 is 0 Å². The minimum Gasteiger partial charge on any atom is -0.497 e. The van der Waals surface area contributed by atoms with Gasteiger partial charge in [0.2, 0.25) is 0 Å². The van der Waals surface area contributed by atoms with Crippen LogP contribution in [0.25, 0.3) is 0 Å². The molecule has 0 radical (unpaired) electrons. The molecule has 104 valence electrons. The second kappa shape index (κ2) is 6.71. The summed E-state index contributed by atoms with van der Waals surface area (Å²) in [5.74, 6) is 1.79. The number of carbonyl (C=O) groups is 1. The highest BCUT2D eigenvalue weighted by molar-refractivity contribution is 5.96. The molecule has 1 fully saturated rings. The van der Waals surface area contributed by atoms with Crippen LogP contribution < -0.4 is 4.74 Å². The molecule has 19 heavy (non-hydrogen) atoms. The lowest BCUT2D eigenvalue weighted by molar-refractivity contribution is 0.0952. The lowest BCUT2D eigenvalue weighted by Crippen LogP contribution is -2.34. The Labute approximate surface area is 115 Å². The minimum atomic E-state index is 0.206. The van der Waals surface area contributed by atoms with E-state index in [9.17, 15) is 4.79 Å². The van der Waals surface area contributed by atoms with E-state index in [4.69, 9.17) is 4.74 Å². The molecule has 0 saturated carbocycles. The molecule has 3 heteroatoms. The van der Waals surface area contributed by atoms with Gasteiger partial charge in [-0.15, -0.1) is 0 Å². The van der Waals surface area contributed by atoms with E-state index in [1.807, 2.05) is 24.3 Å². The number of methoxy groups -OCH3 is 1. The Morgan fingerprint density at radius 3 is 2.79 bits per heavy atom. The predicted octanol–water partition coefficient (Wildman–Crippen LogP) is 3.00. The van der Waals surface area contributed by atoms with Crippen molar-refractivity contribution in [2.75, 3.05) is 26.7 Å². The van der Waals surface area contributed by atoms with Crippen LogP contribution in [0.4, 0.5) is 0 Å². The standard InChI is InChI=1S/C16H23NO2/c1-13-6-9-17(10-7-13)11-8-16(18)14-4-3-5-15(12-14)19-2/h3-5,12-13H,6-11H2,1-2H3. The number of ketones is 1. The molecule has 0 amide bonds. The maximum atomic E-state index is 12.1. The number of carbonyl (C=O) groups excluding carboxylic acids is 1. The molecule has 0 bridgehead atoms. The number of likely N-dealkylation sites (tertiary alicyclic amines) is 1. The predicted molar refractivity (Wildman–Crippen MR) is 76.8 cm³/mol. The number of hydrogen-bond donors (Lipinski definition) is 0. The number of nitrogens with zero attached hydrogens (tertiary/aromatic N) is 1. The van der Waals surface area contributed by atoms with Gasteiger partial charge in [-0.1, -0.05) is 19.1 Å². The van der Waals surface area contributed by atoms with Gasteiger partial charge in [0, 0.05) is 18.5 Å². The summed E-state index contributed by atoms with van der Waals surface area (Å²) in [5.41, 5.74) is 0.754. The Bertz CT molecular complexity index is 423. The summed E-state index contributed by atoms with van der Waals surface area (Å²) >= 11 is 0. The van der Waals surface area contributed by atoms with Crippen LogP contribution in [0.2, 0.25) is 0 Å². The average molecular weight is 261 g/mol. The molecule has 0 spiro atoms. The van der Waals surface area contributed by atoms with E-state index in [1.54, 1.807) is 7.11 Å². The summed E-state index contributed by atoms with van der Waals surface area (Å²) in [7, 11) is 1.62. The summed E-state index contributed by atoms with van der Waals surface area (Å²) in [4.78, 5) is 14.5. The molecular formula is C16H23NO2. The molecule has 0 aromatic heterocycles. The normalized spacial score (nSPS) is 17.4. The summed E-state index contributed by atoms with van der Waals surface area (Å²) in [6.07, 6.45) is 3.11. The zero-order valence-electron chi connectivity index (χ0n) is 11.9. The van der Waals surface area contributed by atoms with E-state index in [1.165, 1.54) is 12.8 Å². The summed E-state index contributed by atoms with van der Waals surface area (Å²) in [6.45, 7) is 5.45. The largest absolute Gasteiger partial charge is 0.497 e. The molecular weight excluding hydrogens is 238 g/mol. The van der Waals surface area contributed by atoms with Crippen molar-refractivity contribution in [3.05, 3.63) is 29.8 Å². The zero-order valence-corrected chi connectivity index (χ0v) is 11.9. The van der Waals surface area contributed by atoms with Crippen LogP contribution in [0.15, 0.2) is 24.3 Å². The summed E-state index contributed by atoms with van der Waals surface area (Å²) < 4.78 is 5.15. The van der Waals surface area contributed by atoms with Gasteiger partial charge < -0.3 is 9.64 Å². The van der Waals surface area contributed by atoms with Crippen LogP contribution in [0.5, 0.6) is 5.75 Å². The minimum absolute atomic E-state index is 0.206. The maximum absolute atomic E-state index is 12.1. The van der Waals surface area contributed by atoms with Crippen LogP contribution in [-0.2, 0) is 0 Å². The first-order chi connectivity index (χ1) is 9.19. The zero-order chi connectivity index (χ0) is 13.7. The highest BCUT2D eigenvalue weighted by atomic mass is 16.5. The topological polar surface area (TPSA) is 29.5 Å². The highest BCUT2D eigenvalue weighted by Crippen LogP contribution is 2.17. The van der Waals surface area contributed by atoms with E-state index in [0.717, 1.165) is 36.9 Å². The van der Waals surface area contributed by atoms with Gasteiger partial charge in [-0.3, -0.25) is 4.79 Å². The first-order valence-corrected chi connectivity index (χ1v) is 7.08. The Balaban J connectivity index is 1.83. The third-order valence-corrected chi connectivity index (χ3v) is 3.92. The summed E-state index contributed by atoms with van der Waals surface area (Å²) in [6, 6.07) is 7.42. The number of ether oxygens (including phenoxy) is 1. The SMILES string of the molecule is COc1cccc(C(=O)CCN2CCC(C)CC2)c1. The third kappa shape index (κ3) is 4.06. The van der Waals surface area contributed by atoms with Crippen molar-refractivity contribution in [1.29, 1.82) is 0 Å². The molecule has 2 rings (SSSR count). The van der Waals surface area contributed by atoms with Crippen LogP contribution in [0.3, 0.4) is 0 Å². The van der Waals surface area contributed by atoms with Crippen molar-refractivity contribution in [2.45, 2.75) is 26.2 Å². The first kappa shape index (κ1) is 14.1. The Hall–Kier alpha value is -1.35. The van der Waals surface area contributed by atoms with Crippen LogP contribution >= 0.6 is 0 Å². The van der Waals surface area contributed by atoms with Gasteiger partial charge in [0.05, 0.1) is 7.11 Å². The maximum Gasteiger partial charge on any atom is 0.164 e. The van der Waals surface area contributed by atoms with E-state index in [2.05, 4.69) is 11.8 Å². The number of piperidine rings is 1.